The summed E-state index contributed by atoms with van der Waals surface area (Å²) in [7, 11) is -2.20. The highest BCUT2D eigenvalue weighted by molar-refractivity contribution is 7.96. The second kappa shape index (κ2) is 10.3. The molecular weight excluding hydrogens is 389 g/mol. The van der Waals surface area contributed by atoms with Crippen molar-refractivity contribution in [2.75, 3.05) is 19.3 Å². The van der Waals surface area contributed by atoms with E-state index in [2.05, 4.69) is 36.4 Å². The Labute approximate surface area is 180 Å². The van der Waals surface area contributed by atoms with Gasteiger partial charge >= 0.3 is 0 Å². The lowest BCUT2D eigenvalue weighted by Gasteiger charge is -2.28. The van der Waals surface area contributed by atoms with E-state index in [1.165, 1.54) is 22.8 Å². The molecule has 3 aromatic carbocycles. The third-order valence-corrected chi connectivity index (χ3v) is 9.68. The third kappa shape index (κ3) is 4.86. The number of rotatable bonds is 9. The maximum atomic E-state index is 13.4. The van der Waals surface area contributed by atoms with Crippen LogP contribution in [-0.4, -0.2) is 35.8 Å². The van der Waals surface area contributed by atoms with Crippen LogP contribution < -0.4 is 15.9 Å². The van der Waals surface area contributed by atoms with Crippen LogP contribution in [0.5, 0.6) is 0 Å². The molecule has 3 nitrogen and oxygen atoms in total. The zero-order chi connectivity index (χ0) is 21.4. The minimum Gasteiger partial charge on any atom is -0.335 e. The van der Waals surface area contributed by atoms with Crippen LogP contribution in [0, 0.1) is 0 Å². The summed E-state index contributed by atoms with van der Waals surface area (Å²) in [6.07, 6.45) is 1.24. The van der Waals surface area contributed by atoms with E-state index in [-0.39, 0.29) is 18.2 Å². The Morgan fingerprint density at radius 3 is 1.47 bits per heavy atom. The van der Waals surface area contributed by atoms with Crippen molar-refractivity contribution in [3.05, 3.63) is 91.0 Å². The molecule has 0 aliphatic rings. The summed E-state index contributed by atoms with van der Waals surface area (Å²) in [5, 5.41) is 3.54. The van der Waals surface area contributed by atoms with E-state index in [4.69, 9.17) is 0 Å². The average Bonchev–Trinajstić information content (AvgIpc) is 2.79. The summed E-state index contributed by atoms with van der Waals surface area (Å²) in [4.78, 5) is 27.1. The van der Waals surface area contributed by atoms with Gasteiger partial charge in [-0.15, -0.1) is 0 Å². The predicted octanol–water partition coefficient (Wildman–Crippen LogP) is 3.81. The maximum absolute atomic E-state index is 13.4. The van der Waals surface area contributed by atoms with Gasteiger partial charge in [0.2, 0.25) is 5.91 Å². The first kappa shape index (κ1) is 21.9. The van der Waals surface area contributed by atoms with Gasteiger partial charge in [0.15, 0.2) is 5.78 Å². The number of Topliss-reactive ketones (excluding diaryl/α,β-unsaturated/α-hetero) is 1. The van der Waals surface area contributed by atoms with E-state index in [0.29, 0.717) is 12.7 Å². The van der Waals surface area contributed by atoms with E-state index in [0.717, 1.165) is 6.42 Å². The molecule has 3 rings (SSSR count). The highest BCUT2D eigenvalue weighted by Crippen LogP contribution is 2.55. The Kier molecular flexibility index (Phi) is 7.54. The highest BCUT2D eigenvalue weighted by atomic mass is 31.2. The van der Waals surface area contributed by atoms with Gasteiger partial charge in [0.1, 0.15) is 29.3 Å². The van der Waals surface area contributed by atoms with Crippen LogP contribution >= 0.6 is 7.26 Å². The van der Waals surface area contributed by atoms with Gasteiger partial charge in [0, 0.05) is 13.5 Å². The molecule has 0 N–H and O–H groups in total. The van der Waals surface area contributed by atoms with Crippen LogP contribution in [0.2, 0.25) is 0 Å². The molecule has 0 saturated carbocycles. The van der Waals surface area contributed by atoms with Crippen molar-refractivity contribution in [3.63, 3.8) is 0 Å². The largest absolute Gasteiger partial charge is 0.335 e. The van der Waals surface area contributed by atoms with Crippen LogP contribution in [0.25, 0.3) is 0 Å². The van der Waals surface area contributed by atoms with Crippen LogP contribution in [0.1, 0.15) is 20.3 Å². The van der Waals surface area contributed by atoms with E-state index < -0.39 is 7.26 Å². The van der Waals surface area contributed by atoms with Crippen molar-refractivity contribution >= 4 is 34.9 Å². The smallest absolute Gasteiger partial charge is 0.219 e. The summed E-state index contributed by atoms with van der Waals surface area (Å²) in [6.45, 7) is 4.33. The molecule has 0 unspecified atom stereocenters. The summed E-state index contributed by atoms with van der Waals surface area (Å²) in [6, 6.07) is 31.1. The second-order valence-corrected chi connectivity index (χ2v) is 10.9. The molecule has 0 heterocycles. The number of carbonyl (C=O) groups is 2. The molecule has 1 amide bonds. The minimum atomic E-state index is -2.20. The summed E-state index contributed by atoms with van der Waals surface area (Å²) in [5.74, 6) is 0.0526. The lowest BCUT2D eigenvalue weighted by atomic mass is 10.3. The Morgan fingerprint density at radius 1 is 0.733 bits per heavy atom. The lowest BCUT2D eigenvalue weighted by molar-refractivity contribution is -0.132. The first-order valence-corrected chi connectivity index (χ1v) is 12.4. The molecule has 0 spiro atoms. The van der Waals surface area contributed by atoms with Crippen LogP contribution in [0.4, 0.5) is 0 Å². The topological polar surface area (TPSA) is 37.4 Å². The van der Waals surface area contributed by atoms with Crippen molar-refractivity contribution in [1.29, 1.82) is 0 Å². The zero-order valence-electron chi connectivity index (χ0n) is 17.7. The fourth-order valence-electron chi connectivity index (χ4n) is 3.91. The molecule has 0 saturated heterocycles. The molecule has 0 aromatic heterocycles. The molecular formula is C26H29NO2P+. The molecule has 0 atom stereocenters. The highest BCUT2D eigenvalue weighted by Gasteiger charge is 2.47. The first-order valence-electron chi connectivity index (χ1n) is 10.4. The minimum absolute atomic E-state index is 0.0479. The zero-order valence-corrected chi connectivity index (χ0v) is 18.6. The molecule has 0 bridgehead atoms. The van der Waals surface area contributed by atoms with Crippen molar-refractivity contribution in [2.45, 2.75) is 20.3 Å². The van der Waals surface area contributed by atoms with E-state index in [9.17, 15) is 9.59 Å². The molecule has 0 fully saturated rings. The summed E-state index contributed by atoms with van der Waals surface area (Å²) >= 11 is 0. The van der Waals surface area contributed by atoms with E-state index in [1.807, 2.05) is 61.5 Å². The van der Waals surface area contributed by atoms with Gasteiger partial charge in [-0.05, 0) is 42.8 Å². The number of benzene rings is 3. The van der Waals surface area contributed by atoms with Crippen LogP contribution in [0.15, 0.2) is 91.0 Å². The quantitative estimate of drug-likeness (QED) is 0.496. The monoisotopic (exact) mass is 418 g/mol. The van der Waals surface area contributed by atoms with Gasteiger partial charge in [-0.3, -0.25) is 9.59 Å². The van der Waals surface area contributed by atoms with Crippen molar-refractivity contribution in [3.8, 4) is 0 Å². The van der Waals surface area contributed by atoms with Gasteiger partial charge in [-0.25, -0.2) is 0 Å². The Balaban J connectivity index is 2.12. The SMILES string of the molecule is CCCN(CC(=O)C[P+](c1ccccc1)(c1ccccc1)c1ccccc1)C(C)=O. The predicted molar refractivity (Wildman–Crippen MR) is 128 cm³/mol. The van der Waals surface area contributed by atoms with Gasteiger partial charge in [-0.2, -0.15) is 0 Å². The number of ketones is 1. The molecule has 4 heteroatoms. The number of amides is 1. The van der Waals surface area contributed by atoms with Crippen LogP contribution in [0.3, 0.4) is 0 Å². The van der Waals surface area contributed by atoms with Gasteiger partial charge < -0.3 is 4.90 Å². The van der Waals surface area contributed by atoms with Gasteiger partial charge in [-0.1, -0.05) is 61.5 Å². The van der Waals surface area contributed by atoms with Crippen LogP contribution in [-0.2, 0) is 9.59 Å². The summed E-state index contributed by atoms with van der Waals surface area (Å²) in [5.41, 5.74) is 0. The lowest BCUT2D eigenvalue weighted by Crippen LogP contribution is -2.40. The first-order chi connectivity index (χ1) is 14.6. The summed E-state index contributed by atoms with van der Waals surface area (Å²) < 4.78 is 0. The molecule has 0 aliphatic heterocycles. The maximum Gasteiger partial charge on any atom is 0.219 e. The third-order valence-electron chi connectivity index (χ3n) is 5.31. The Morgan fingerprint density at radius 2 is 1.13 bits per heavy atom. The van der Waals surface area contributed by atoms with Crippen molar-refractivity contribution < 1.29 is 9.59 Å². The fourth-order valence-corrected chi connectivity index (χ4v) is 8.03. The van der Waals surface area contributed by atoms with Crippen molar-refractivity contribution in [1.82, 2.24) is 4.90 Å². The molecule has 154 valence electrons. The standard InChI is InChI=1S/C26H29NO2P/c1-3-19-27(22(2)28)20-23(29)21-30(24-13-7-4-8-14-24,25-15-9-5-10-16-25)26-17-11-6-12-18-26/h4-18H,3,19-21H2,1-2H3/q+1. The normalized spacial score (nSPS) is 11.1. The Bertz CT molecular complexity index is 861. The Hall–Kier alpha value is -2.77. The van der Waals surface area contributed by atoms with Gasteiger partial charge in [0.05, 0.1) is 6.54 Å². The molecule has 0 radical (unpaired) electrons. The number of carbonyl (C=O) groups excluding carboxylic acids is 2. The molecule has 0 aliphatic carbocycles. The van der Waals surface area contributed by atoms with Crippen molar-refractivity contribution in [2.24, 2.45) is 0 Å². The fraction of sp³-hybridized carbons (Fsp3) is 0.231. The van der Waals surface area contributed by atoms with E-state index in [1.54, 1.807) is 4.90 Å². The average molecular weight is 418 g/mol. The second-order valence-electron chi connectivity index (χ2n) is 7.45. The number of hydrogen-bond acceptors (Lipinski definition) is 2. The molecule has 3 aromatic rings. The van der Waals surface area contributed by atoms with Gasteiger partial charge in [0.25, 0.3) is 0 Å². The number of hydrogen-bond donors (Lipinski definition) is 0. The van der Waals surface area contributed by atoms with E-state index >= 15 is 0 Å². The molecule has 30 heavy (non-hydrogen) atoms. The number of nitrogens with zero attached hydrogens (tertiary/aromatic N) is 1.